The highest BCUT2D eigenvalue weighted by Gasteiger charge is 2.11. The molecule has 7 nitrogen and oxygen atoms in total. The van der Waals surface area contributed by atoms with Crippen molar-refractivity contribution < 1.29 is 0 Å². The van der Waals surface area contributed by atoms with Crippen LogP contribution in [-0.4, -0.2) is 29.8 Å². The van der Waals surface area contributed by atoms with Crippen LogP contribution in [-0.2, 0) is 0 Å². The van der Waals surface area contributed by atoms with Crippen molar-refractivity contribution in [3.8, 4) is 11.4 Å². The molecule has 0 saturated carbocycles. The Labute approximate surface area is 124 Å². The van der Waals surface area contributed by atoms with Crippen LogP contribution in [0.4, 0.5) is 0 Å². The van der Waals surface area contributed by atoms with E-state index < -0.39 is 0 Å². The molecule has 0 aliphatic rings. The van der Waals surface area contributed by atoms with Gasteiger partial charge in [0.25, 0.3) is 5.56 Å². The summed E-state index contributed by atoms with van der Waals surface area (Å²) in [6.45, 7) is 0. The number of rotatable bonds is 2. The molecule has 106 valence electrons. The van der Waals surface area contributed by atoms with Crippen molar-refractivity contribution in [2.75, 3.05) is 0 Å². The third-order valence-electron chi connectivity index (χ3n) is 3.34. The summed E-state index contributed by atoms with van der Waals surface area (Å²) in [5.74, 6) is 0. The van der Waals surface area contributed by atoms with Crippen molar-refractivity contribution >= 4 is 10.9 Å². The summed E-state index contributed by atoms with van der Waals surface area (Å²) in [6, 6.07) is 11.3. The normalized spacial score (nSPS) is 10.9. The minimum Gasteiger partial charge on any atom is -0.267 e. The molecular weight excluding hydrogens is 280 g/mol. The molecular formula is C15H10N6O. The quantitative estimate of drug-likeness (QED) is 0.557. The van der Waals surface area contributed by atoms with Crippen LogP contribution in [0.2, 0.25) is 0 Å². The van der Waals surface area contributed by atoms with E-state index in [1.54, 1.807) is 23.1 Å². The molecule has 0 radical (unpaired) electrons. The number of aromatic nitrogens is 6. The molecule has 4 aromatic rings. The Kier molecular flexibility index (Phi) is 2.75. The number of nitrogens with zero attached hydrogens (tertiary/aromatic N) is 6. The second-order valence-corrected chi connectivity index (χ2v) is 4.65. The molecule has 7 heteroatoms. The van der Waals surface area contributed by atoms with Gasteiger partial charge < -0.3 is 0 Å². The van der Waals surface area contributed by atoms with E-state index in [9.17, 15) is 4.79 Å². The molecule has 0 atom stereocenters. The van der Waals surface area contributed by atoms with Gasteiger partial charge in [-0.3, -0.25) is 4.79 Å². The predicted molar refractivity (Wildman–Crippen MR) is 80.1 cm³/mol. The first-order valence-corrected chi connectivity index (χ1v) is 6.63. The highest BCUT2D eigenvalue weighted by molar-refractivity contribution is 5.78. The maximum Gasteiger partial charge on any atom is 0.282 e. The molecule has 0 unspecified atom stereocenters. The van der Waals surface area contributed by atoms with Gasteiger partial charge in [0, 0.05) is 0 Å². The van der Waals surface area contributed by atoms with E-state index in [2.05, 4.69) is 20.4 Å². The molecule has 0 fully saturated rings. The van der Waals surface area contributed by atoms with Crippen LogP contribution in [0, 0.1) is 0 Å². The summed E-state index contributed by atoms with van der Waals surface area (Å²) in [5, 5.41) is 16.5. The Morgan fingerprint density at radius 2 is 1.59 bits per heavy atom. The maximum absolute atomic E-state index is 12.6. The smallest absolute Gasteiger partial charge is 0.267 e. The standard InChI is InChI=1S/C15H10N6O/c22-15-13-9-18-20(11-4-2-1-3-5-11)14(13)10-19-21(15)12-6-7-16-17-8-12/h1-10H. The average molecular weight is 290 g/mol. The van der Waals surface area contributed by atoms with Gasteiger partial charge in [-0.25, -0.2) is 4.68 Å². The van der Waals surface area contributed by atoms with Crippen molar-refractivity contribution in [2.24, 2.45) is 0 Å². The van der Waals surface area contributed by atoms with E-state index in [0.29, 0.717) is 16.6 Å². The zero-order chi connectivity index (χ0) is 14.9. The molecule has 0 amide bonds. The summed E-state index contributed by atoms with van der Waals surface area (Å²) in [5.41, 5.74) is 1.86. The fourth-order valence-electron chi connectivity index (χ4n) is 2.29. The van der Waals surface area contributed by atoms with Gasteiger partial charge >= 0.3 is 0 Å². The fourth-order valence-corrected chi connectivity index (χ4v) is 2.29. The first kappa shape index (κ1) is 12.4. The molecule has 22 heavy (non-hydrogen) atoms. The first-order valence-electron chi connectivity index (χ1n) is 6.63. The lowest BCUT2D eigenvalue weighted by Gasteiger charge is -2.05. The number of benzene rings is 1. The van der Waals surface area contributed by atoms with Crippen molar-refractivity contribution in [1.82, 2.24) is 29.8 Å². The number of hydrogen-bond acceptors (Lipinski definition) is 5. The molecule has 0 spiro atoms. The third kappa shape index (κ3) is 1.87. The molecule has 0 bridgehead atoms. The van der Waals surface area contributed by atoms with Crippen LogP contribution in [0.1, 0.15) is 0 Å². The summed E-state index contributed by atoms with van der Waals surface area (Å²) < 4.78 is 2.98. The molecule has 3 aromatic heterocycles. The number of para-hydroxylation sites is 1. The SMILES string of the molecule is O=c1c2cnn(-c3ccccc3)c2cnn1-c1ccnnc1. The first-order chi connectivity index (χ1) is 10.8. The highest BCUT2D eigenvalue weighted by Crippen LogP contribution is 2.14. The third-order valence-corrected chi connectivity index (χ3v) is 3.34. The van der Waals surface area contributed by atoms with E-state index in [4.69, 9.17) is 0 Å². The second-order valence-electron chi connectivity index (χ2n) is 4.65. The maximum atomic E-state index is 12.6. The van der Waals surface area contributed by atoms with Crippen LogP contribution >= 0.6 is 0 Å². The largest absolute Gasteiger partial charge is 0.282 e. The van der Waals surface area contributed by atoms with Crippen LogP contribution in [0.3, 0.4) is 0 Å². The summed E-state index contributed by atoms with van der Waals surface area (Å²) in [4.78, 5) is 12.6. The average Bonchev–Trinajstić information content (AvgIpc) is 3.02. The van der Waals surface area contributed by atoms with Crippen LogP contribution in [0.5, 0.6) is 0 Å². The van der Waals surface area contributed by atoms with Crippen molar-refractivity contribution in [3.05, 3.63) is 71.5 Å². The van der Waals surface area contributed by atoms with Gasteiger partial charge in [-0.2, -0.15) is 25.1 Å². The molecule has 0 saturated heterocycles. The molecule has 0 N–H and O–H groups in total. The van der Waals surface area contributed by atoms with Gasteiger partial charge in [-0.15, -0.1) is 0 Å². The van der Waals surface area contributed by atoms with Gasteiger partial charge in [0.1, 0.15) is 0 Å². The van der Waals surface area contributed by atoms with Gasteiger partial charge in [-0.05, 0) is 18.2 Å². The van der Waals surface area contributed by atoms with E-state index in [-0.39, 0.29) is 5.56 Å². The summed E-state index contributed by atoms with van der Waals surface area (Å²) in [6.07, 6.45) is 6.18. The van der Waals surface area contributed by atoms with Crippen LogP contribution in [0.15, 0.2) is 66.0 Å². The van der Waals surface area contributed by atoms with Crippen molar-refractivity contribution in [2.45, 2.75) is 0 Å². The Bertz CT molecular complexity index is 991. The monoisotopic (exact) mass is 290 g/mol. The minimum absolute atomic E-state index is 0.243. The van der Waals surface area contributed by atoms with Crippen LogP contribution in [0.25, 0.3) is 22.3 Å². The molecule has 4 rings (SSSR count). The van der Waals surface area contributed by atoms with E-state index in [0.717, 1.165) is 5.69 Å². The molecule has 0 aliphatic carbocycles. The van der Waals surface area contributed by atoms with E-state index >= 15 is 0 Å². The zero-order valence-corrected chi connectivity index (χ0v) is 11.4. The minimum atomic E-state index is -0.243. The predicted octanol–water partition coefficient (Wildman–Crippen LogP) is 1.36. The fraction of sp³-hybridized carbons (Fsp3) is 0. The van der Waals surface area contributed by atoms with E-state index in [1.165, 1.54) is 17.1 Å². The molecule has 0 aliphatic heterocycles. The zero-order valence-electron chi connectivity index (χ0n) is 11.4. The molecule has 3 heterocycles. The highest BCUT2D eigenvalue weighted by atomic mass is 16.1. The Morgan fingerprint density at radius 1 is 0.773 bits per heavy atom. The Morgan fingerprint density at radius 3 is 2.36 bits per heavy atom. The number of hydrogen-bond donors (Lipinski definition) is 0. The second kappa shape index (κ2) is 4.88. The topological polar surface area (TPSA) is 78.5 Å². The van der Waals surface area contributed by atoms with Crippen molar-refractivity contribution in [1.29, 1.82) is 0 Å². The Hall–Kier alpha value is -3.35. The lowest BCUT2D eigenvalue weighted by atomic mass is 10.3. The summed E-state index contributed by atoms with van der Waals surface area (Å²) in [7, 11) is 0. The lowest BCUT2D eigenvalue weighted by molar-refractivity contribution is 0.803. The van der Waals surface area contributed by atoms with Crippen molar-refractivity contribution in [3.63, 3.8) is 0 Å². The van der Waals surface area contributed by atoms with Crippen LogP contribution < -0.4 is 5.56 Å². The molecule has 1 aromatic carbocycles. The summed E-state index contributed by atoms with van der Waals surface area (Å²) >= 11 is 0. The van der Waals surface area contributed by atoms with Gasteiger partial charge in [0.05, 0.1) is 47.1 Å². The van der Waals surface area contributed by atoms with Gasteiger partial charge in [0.15, 0.2) is 0 Å². The lowest BCUT2D eigenvalue weighted by Crippen LogP contribution is -2.21. The Balaban J connectivity index is 1.94. The van der Waals surface area contributed by atoms with Gasteiger partial charge in [0.2, 0.25) is 0 Å². The number of fused-ring (bicyclic) bond motifs is 1. The van der Waals surface area contributed by atoms with Gasteiger partial charge in [-0.1, -0.05) is 18.2 Å². The van der Waals surface area contributed by atoms with E-state index in [1.807, 2.05) is 30.3 Å².